The van der Waals surface area contributed by atoms with Crippen molar-refractivity contribution in [3.63, 3.8) is 0 Å². The number of carbonyl (C=O) groups is 1. The molecule has 0 aliphatic carbocycles. The van der Waals surface area contributed by atoms with Crippen LogP contribution < -0.4 is 5.32 Å². The summed E-state index contributed by atoms with van der Waals surface area (Å²) in [7, 11) is 0. The number of nitrogens with zero attached hydrogens (tertiary/aromatic N) is 4. The number of fused-ring (bicyclic) bond motifs is 1. The number of pyridine rings is 1. The third kappa shape index (κ3) is 3.39. The predicted octanol–water partition coefficient (Wildman–Crippen LogP) is 4.51. The fraction of sp³-hybridized carbons (Fsp3) is 0.136. The Kier molecular flexibility index (Phi) is 4.75. The highest BCUT2D eigenvalue weighted by Crippen LogP contribution is 2.25. The molecule has 30 heavy (non-hydrogen) atoms. The van der Waals surface area contributed by atoms with Gasteiger partial charge in [-0.15, -0.1) is 0 Å². The predicted molar refractivity (Wildman–Crippen MR) is 114 cm³/mol. The van der Waals surface area contributed by atoms with Gasteiger partial charge in [-0.1, -0.05) is 24.3 Å². The molecular weight excluding hydrogens is 382 g/mol. The van der Waals surface area contributed by atoms with E-state index < -0.39 is 10.8 Å². The van der Waals surface area contributed by atoms with Crippen molar-refractivity contribution >= 4 is 28.3 Å². The minimum Gasteiger partial charge on any atom is -0.306 e. The molecule has 1 N–H and O–H groups in total. The molecule has 0 unspecified atom stereocenters. The summed E-state index contributed by atoms with van der Waals surface area (Å²) in [6, 6.07) is 15.9. The molecule has 1 amide bonds. The minimum atomic E-state index is -0.498. The summed E-state index contributed by atoms with van der Waals surface area (Å²) in [4.78, 5) is 28.3. The van der Waals surface area contributed by atoms with E-state index in [0.29, 0.717) is 22.9 Å². The number of rotatable bonds is 4. The number of benzene rings is 2. The van der Waals surface area contributed by atoms with Gasteiger partial charge in [-0.25, -0.2) is 4.98 Å². The molecule has 0 saturated carbocycles. The first-order valence-electron chi connectivity index (χ1n) is 9.34. The van der Waals surface area contributed by atoms with Crippen LogP contribution in [0.25, 0.3) is 16.7 Å². The topological polar surface area (TPSA) is 103 Å². The average molecular weight is 401 g/mol. The van der Waals surface area contributed by atoms with E-state index in [1.54, 1.807) is 23.7 Å². The van der Waals surface area contributed by atoms with Gasteiger partial charge in [0, 0.05) is 28.6 Å². The molecule has 4 aromatic rings. The zero-order valence-electron chi connectivity index (χ0n) is 16.7. The van der Waals surface area contributed by atoms with Gasteiger partial charge in [-0.2, -0.15) is 9.78 Å². The van der Waals surface area contributed by atoms with Crippen LogP contribution in [0, 0.1) is 30.9 Å². The molecule has 0 radical (unpaired) electrons. The molecular formula is C22H19N5O3. The second-order valence-corrected chi connectivity index (χ2v) is 7.06. The smallest absolute Gasteiger partial charge is 0.273 e. The lowest BCUT2D eigenvalue weighted by atomic mass is 10.1. The van der Waals surface area contributed by atoms with Crippen molar-refractivity contribution in [3.8, 4) is 5.82 Å². The van der Waals surface area contributed by atoms with Gasteiger partial charge in [0.1, 0.15) is 5.82 Å². The summed E-state index contributed by atoms with van der Waals surface area (Å²) < 4.78 is 1.57. The molecule has 2 heterocycles. The monoisotopic (exact) mass is 401 g/mol. The van der Waals surface area contributed by atoms with E-state index in [0.717, 1.165) is 16.5 Å². The van der Waals surface area contributed by atoms with Crippen LogP contribution in [0.4, 0.5) is 11.5 Å². The molecule has 0 saturated heterocycles. The summed E-state index contributed by atoms with van der Waals surface area (Å²) in [5.74, 6) is 0.561. The summed E-state index contributed by atoms with van der Waals surface area (Å²) >= 11 is 0. The number of hydrogen-bond donors (Lipinski definition) is 1. The Hall–Kier alpha value is -4.07. The van der Waals surface area contributed by atoms with Gasteiger partial charge >= 0.3 is 0 Å². The Morgan fingerprint density at radius 3 is 2.60 bits per heavy atom. The van der Waals surface area contributed by atoms with Gasteiger partial charge in [0.15, 0.2) is 5.82 Å². The number of carbonyl (C=O) groups excluding carboxylic acids is 1. The maximum absolute atomic E-state index is 12.9. The Morgan fingerprint density at radius 2 is 1.83 bits per heavy atom. The van der Waals surface area contributed by atoms with Crippen LogP contribution in [0.1, 0.15) is 27.2 Å². The van der Waals surface area contributed by atoms with Crippen molar-refractivity contribution in [2.24, 2.45) is 0 Å². The first-order chi connectivity index (χ1) is 14.3. The van der Waals surface area contributed by atoms with Crippen molar-refractivity contribution in [1.29, 1.82) is 0 Å². The van der Waals surface area contributed by atoms with Crippen molar-refractivity contribution in [2.45, 2.75) is 20.8 Å². The van der Waals surface area contributed by atoms with E-state index >= 15 is 0 Å². The van der Waals surface area contributed by atoms with Gasteiger partial charge in [0.05, 0.1) is 16.1 Å². The maximum Gasteiger partial charge on any atom is 0.273 e. The third-order valence-corrected chi connectivity index (χ3v) is 4.95. The highest BCUT2D eigenvalue weighted by Gasteiger charge is 2.20. The molecule has 150 valence electrons. The number of anilines is 1. The van der Waals surface area contributed by atoms with Gasteiger partial charge < -0.3 is 5.32 Å². The number of nitro groups is 1. The zero-order valence-corrected chi connectivity index (χ0v) is 16.7. The largest absolute Gasteiger partial charge is 0.306 e. The lowest BCUT2D eigenvalue weighted by molar-refractivity contribution is -0.385. The second-order valence-electron chi connectivity index (χ2n) is 7.06. The number of amides is 1. The second kappa shape index (κ2) is 7.40. The van der Waals surface area contributed by atoms with Gasteiger partial charge in [-0.3, -0.25) is 14.9 Å². The molecule has 4 rings (SSSR count). The lowest BCUT2D eigenvalue weighted by Crippen LogP contribution is -2.17. The van der Waals surface area contributed by atoms with Crippen LogP contribution in [0.3, 0.4) is 0 Å². The van der Waals surface area contributed by atoms with Crippen molar-refractivity contribution < 1.29 is 9.72 Å². The first-order valence-corrected chi connectivity index (χ1v) is 9.34. The number of nitrogens with one attached hydrogen (secondary N) is 1. The maximum atomic E-state index is 12.9. The molecule has 0 atom stereocenters. The highest BCUT2D eigenvalue weighted by atomic mass is 16.6. The van der Waals surface area contributed by atoms with Gasteiger partial charge in [0.2, 0.25) is 0 Å². The van der Waals surface area contributed by atoms with Gasteiger partial charge in [0.25, 0.3) is 11.6 Å². The van der Waals surface area contributed by atoms with Crippen molar-refractivity contribution in [3.05, 3.63) is 87.1 Å². The number of nitro benzene ring substituents is 1. The van der Waals surface area contributed by atoms with Crippen LogP contribution in [-0.4, -0.2) is 25.6 Å². The summed E-state index contributed by atoms with van der Waals surface area (Å²) in [5, 5.41) is 19.5. The van der Waals surface area contributed by atoms with E-state index in [1.165, 1.54) is 12.1 Å². The van der Waals surface area contributed by atoms with Crippen LogP contribution in [0.5, 0.6) is 0 Å². The van der Waals surface area contributed by atoms with E-state index in [9.17, 15) is 14.9 Å². The Balaban J connectivity index is 1.74. The average Bonchev–Trinajstić information content (AvgIpc) is 3.07. The number of hydrogen-bond acceptors (Lipinski definition) is 5. The highest BCUT2D eigenvalue weighted by molar-refractivity contribution is 6.05. The van der Waals surface area contributed by atoms with Crippen LogP contribution in [0.2, 0.25) is 0 Å². The normalized spacial score (nSPS) is 10.9. The van der Waals surface area contributed by atoms with Crippen molar-refractivity contribution in [1.82, 2.24) is 14.8 Å². The van der Waals surface area contributed by atoms with E-state index in [2.05, 4.69) is 15.4 Å². The molecule has 0 spiro atoms. The summed E-state index contributed by atoms with van der Waals surface area (Å²) in [6.07, 6.45) is 0. The Labute approximate surface area is 172 Å². The van der Waals surface area contributed by atoms with E-state index in [-0.39, 0.29) is 11.3 Å². The molecule has 2 aromatic heterocycles. The van der Waals surface area contributed by atoms with Crippen LogP contribution in [0.15, 0.2) is 54.6 Å². The van der Waals surface area contributed by atoms with Crippen LogP contribution >= 0.6 is 0 Å². The number of aryl methyl sites for hydroxylation is 2. The van der Waals surface area contributed by atoms with Crippen LogP contribution in [-0.2, 0) is 0 Å². The summed E-state index contributed by atoms with van der Waals surface area (Å²) in [6.45, 7) is 5.37. The SMILES string of the molecule is Cc1cc(NC(=O)c2cccc([N+](=O)[O-])c2C)n(-c2cc(C)c3ccccc3n2)n1. The Morgan fingerprint density at radius 1 is 1.07 bits per heavy atom. The van der Waals surface area contributed by atoms with Crippen molar-refractivity contribution in [2.75, 3.05) is 5.32 Å². The third-order valence-electron chi connectivity index (χ3n) is 4.95. The Bertz CT molecular complexity index is 1310. The molecule has 8 nitrogen and oxygen atoms in total. The zero-order chi connectivity index (χ0) is 21.4. The fourth-order valence-corrected chi connectivity index (χ4v) is 3.45. The molecule has 0 aliphatic rings. The standard InChI is InChI=1S/C22H19N5O3/c1-13-11-20(23-18-9-5-4-7-16(13)18)26-21(12-14(2)25-26)24-22(28)17-8-6-10-19(15(17)3)27(29)30/h4-12H,1-3H3,(H,24,28). The van der Waals surface area contributed by atoms with E-state index in [4.69, 9.17) is 0 Å². The first kappa shape index (κ1) is 19.3. The lowest BCUT2D eigenvalue weighted by Gasteiger charge is -2.11. The van der Waals surface area contributed by atoms with Gasteiger partial charge in [-0.05, 0) is 44.5 Å². The number of para-hydroxylation sites is 1. The summed E-state index contributed by atoms with van der Waals surface area (Å²) in [5.41, 5.74) is 3.01. The molecule has 0 bridgehead atoms. The fourth-order valence-electron chi connectivity index (χ4n) is 3.45. The molecule has 0 fully saturated rings. The quantitative estimate of drug-likeness (QED) is 0.400. The number of aromatic nitrogens is 3. The molecule has 2 aromatic carbocycles. The molecule has 0 aliphatic heterocycles. The molecule has 8 heteroatoms. The minimum absolute atomic E-state index is 0.0980. The van der Waals surface area contributed by atoms with E-state index in [1.807, 2.05) is 44.2 Å².